The largest absolute Gasteiger partial charge is 0.340 e. The van der Waals surface area contributed by atoms with Gasteiger partial charge in [-0.15, -0.1) is 0 Å². The lowest BCUT2D eigenvalue weighted by molar-refractivity contribution is -0.124. The van der Waals surface area contributed by atoms with Crippen LogP contribution in [0.1, 0.15) is 18.4 Å². The van der Waals surface area contributed by atoms with Gasteiger partial charge in [-0.05, 0) is 37.1 Å². The summed E-state index contributed by atoms with van der Waals surface area (Å²) in [5.74, 6) is 1.26. The highest BCUT2D eigenvalue weighted by molar-refractivity contribution is 6.13. The molecule has 0 aliphatic carbocycles. The molecule has 0 spiro atoms. The van der Waals surface area contributed by atoms with Gasteiger partial charge in [0.05, 0.1) is 12.3 Å². The Bertz CT molecular complexity index is 950. The second-order valence-electron chi connectivity index (χ2n) is 6.71. The molecule has 0 saturated carbocycles. The van der Waals surface area contributed by atoms with Crippen LogP contribution in [-0.2, 0) is 4.84 Å². The van der Waals surface area contributed by atoms with Gasteiger partial charge in [0.15, 0.2) is 0 Å². The van der Waals surface area contributed by atoms with Crippen LogP contribution in [0.4, 0.5) is 11.4 Å². The number of benzene rings is 3. The van der Waals surface area contributed by atoms with Gasteiger partial charge in [-0.1, -0.05) is 66.7 Å². The molecule has 0 atom stereocenters. The molecule has 5 nitrogen and oxygen atoms in total. The maximum Gasteiger partial charge on any atom is 0.252 e. The first kappa shape index (κ1) is 18.9. The molecule has 5 heteroatoms. The predicted molar refractivity (Wildman–Crippen MR) is 118 cm³/mol. The fourth-order valence-electron chi connectivity index (χ4n) is 3.03. The quantitative estimate of drug-likeness (QED) is 0.495. The Kier molecular flexibility index (Phi) is 6.30. The molecule has 1 N–H and O–H groups in total. The normalized spacial score (nSPS) is 15.2. The Morgan fingerprint density at radius 2 is 1.45 bits per heavy atom. The lowest BCUT2D eigenvalue weighted by Gasteiger charge is -2.27. The van der Waals surface area contributed by atoms with Crippen molar-refractivity contribution in [2.45, 2.75) is 12.8 Å². The van der Waals surface area contributed by atoms with Crippen LogP contribution in [0.15, 0.2) is 101 Å². The molecule has 29 heavy (non-hydrogen) atoms. The zero-order valence-corrected chi connectivity index (χ0v) is 16.2. The number of amidine groups is 1. The van der Waals surface area contributed by atoms with Crippen molar-refractivity contribution in [1.29, 1.82) is 0 Å². The fourth-order valence-corrected chi connectivity index (χ4v) is 3.03. The van der Waals surface area contributed by atoms with Crippen molar-refractivity contribution in [3.05, 3.63) is 96.6 Å². The predicted octanol–water partition coefficient (Wildman–Crippen LogP) is 5.26. The number of anilines is 1. The van der Waals surface area contributed by atoms with Crippen LogP contribution in [0.25, 0.3) is 0 Å². The van der Waals surface area contributed by atoms with E-state index in [-0.39, 0.29) is 0 Å². The van der Waals surface area contributed by atoms with Crippen LogP contribution in [0, 0.1) is 0 Å². The summed E-state index contributed by atoms with van der Waals surface area (Å²) in [7, 11) is 0. The Hall–Kier alpha value is -3.44. The van der Waals surface area contributed by atoms with E-state index in [1.807, 2.05) is 91.0 Å². The summed E-state index contributed by atoms with van der Waals surface area (Å²) in [4.78, 5) is 15.6. The average Bonchev–Trinajstić information content (AvgIpc) is 2.81. The minimum atomic E-state index is 0.540. The molecule has 1 heterocycles. The van der Waals surface area contributed by atoms with Crippen LogP contribution in [0.5, 0.6) is 0 Å². The monoisotopic (exact) mass is 384 g/mol. The minimum absolute atomic E-state index is 0.540. The highest BCUT2D eigenvalue weighted by Gasteiger charge is 2.17. The van der Waals surface area contributed by atoms with Crippen molar-refractivity contribution in [3.8, 4) is 0 Å². The molecule has 0 amide bonds. The van der Waals surface area contributed by atoms with Gasteiger partial charge in [0.25, 0.3) is 5.96 Å². The number of nitrogens with one attached hydrogen (secondary N) is 1. The highest BCUT2D eigenvalue weighted by atomic mass is 16.7. The molecule has 3 aromatic carbocycles. The number of para-hydroxylation sites is 2. The van der Waals surface area contributed by atoms with Gasteiger partial charge >= 0.3 is 0 Å². The Balaban J connectivity index is 1.75. The number of hydroxylamine groups is 2. The van der Waals surface area contributed by atoms with Crippen molar-refractivity contribution < 1.29 is 4.84 Å². The van der Waals surface area contributed by atoms with Crippen molar-refractivity contribution in [1.82, 2.24) is 5.06 Å². The zero-order chi connectivity index (χ0) is 19.7. The first-order chi connectivity index (χ1) is 14.4. The fraction of sp³-hybridized carbons (Fsp3) is 0.167. The molecule has 146 valence electrons. The molecule has 1 aliphatic rings. The van der Waals surface area contributed by atoms with E-state index in [4.69, 9.17) is 14.8 Å². The summed E-state index contributed by atoms with van der Waals surface area (Å²) < 4.78 is 0. The Morgan fingerprint density at radius 1 is 0.793 bits per heavy atom. The number of hydrogen-bond donors (Lipinski definition) is 1. The van der Waals surface area contributed by atoms with Gasteiger partial charge in [0, 0.05) is 17.8 Å². The van der Waals surface area contributed by atoms with E-state index < -0.39 is 0 Å². The molecular weight excluding hydrogens is 360 g/mol. The molecule has 0 bridgehead atoms. The van der Waals surface area contributed by atoms with E-state index in [1.54, 1.807) is 5.06 Å². The molecule has 4 rings (SSSR count). The van der Waals surface area contributed by atoms with E-state index in [2.05, 4.69) is 5.32 Å². The number of guanidine groups is 1. The van der Waals surface area contributed by atoms with Gasteiger partial charge in [-0.25, -0.2) is 10.1 Å². The molecule has 1 aliphatic heterocycles. The molecule has 1 saturated heterocycles. The van der Waals surface area contributed by atoms with Crippen molar-refractivity contribution in [2.75, 3.05) is 18.5 Å². The van der Waals surface area contributed by atoms with E-state index >= 15 is 0 Å². The second kappa shape index (κ2) is 9.66. The first-order valence-electron chi connectivity index (χ1n) is 9.89. The molecule has 1 fully saturated rings. The van der Waals surface area contributed by atoms with Gasteiger partial charge < -0.3 is 5.32 Å². The first-order valence-corrected chi connectivity index (χ1v) is 9.89. The second-order valence-corrected chi connectivity index (χ2v) is 6.71. The maximum absolute atomic E-state index is 5.87. The van der Waals surface area contributed by atoms with Crippen LogP contribution < -0.4 is 5.32 Å². The third kappa shape index (κ3) is 5.30. The van der Waals surface area contributed by atoms with Crippen LogP contribution in [0.2, 0.25) is 0 Å². The lowest BCUT2D eigenvalue weighted by atomic mass is 10.2. The zero-order valence-electron chi connectivity index (χ0n) is 16.2. The van der Waals surface area contributed by atoms with Crippen LogP contribution in [-0.4, -0.2) is 30.0 Å². The lowest BCUT2D eigenvalue weighted by Crippen LogP contribution is -2.36. The summed E-state index contributed by atoms with van der Waals surface area (Å²) in [6.07, 6.45) is 2.10. The topological polar surface area (TPSA) is 49.2 Å². The van der Waals surface area contributed by atoms with Crippen molar-refractivity contribution in [3.63, 3.8) is 0 Å². The number of aliphatic imine (C=N–C) groups is 2. The minimum Gasteiger partial charge on any atom is -0.340 e. The van der Waals surface area contributed by atoms with E-state index in [0.717, 1.165) is 42.2 Å². The van der Waals surface area contributed by atoms with Gasteiger partial charge in [0.2, 0.25) is 0 Å². The van der Waals surface area contributed by atoms with E-state index in [0.29, 0.717) is 12.6 Å². The summed E-state index contributed by atoms with van der Waals surface area (Å²) in [6.45, 7) is 1.44. The summed E-state index contributed by atoms with van der Waals surface area (Å²) in [6, 6.07) is 29.9. The highest BCUT2D eigenvalue weighted by Crippen LogP contribution is 2.17. The van der Waals surface area contributed by atoms with Crippen molar-refractivity contribution in [2.24, 2.45) is 9.98 Å². The van der Waals surface area contributed by atoms with Crippen molar-refractivity contribution >= 4 is 23.2 Å². The summed E-state index contributed by atoms with van der Waals surface area (Å²) in [5.41, 5.74) is 2.79. The number of rotatable bonds is 3. The van der Waals surface area contributed by atoms with Gasteiger partial charge in [0.1, 0.15) is 5.84 Å². The maximum atomic E-state index is 5.87. The Morgan fingerprint density at radius 3 is 2.10 bits per heavy atom. The average molecular weight is 384 g/mol. The van der Waals surface area contributed by atoms with Crippen LogP contribution >= 0.6 is 0 Å². The SMILES string of the molecule is c1ccc(N=C(/N=C(/Nc2ccccc2)c2ccccc2)N2CCCCO2)cc1. The summed E-state index contributed by atoms with van der Waals surface area (Å²) >= 11 is 0. The van der Waals surface area contributed by atoms with Crippen LogP contribution in [0.3, 0.4) is 0 Å². The third-order valence-electron chi connectivity index (χ3n) is 4.51. The third-order valence-corrected chi connectivity index (χ3v) is 4.51. The van der Waals surface area contributed by atoms with E-state index in [1.165, 1.54) is 0 Å². The van der Waals surface area contributed by atoms with E-state index in [9.17, 15) is 0 Å². The smallest absolute Gasteiger partial charge is 0.252 e. The van der Waals surface area contributed by atoms with Gasteiger partial charge in [-0.2, -0.15) is 4.99 Å². The Labute approximate surface area is 171 Å². The number of hydrogen-bond acceptors (Lipinski definition) is 2. The number of nitrogens with zero attached hydrogens (tertiary/aromatic N) is 3. The molecule has 0 aromatic heterocycles. The molecule has 0 radical (unpaired) electrons. The molecule has 3 aromatic rings. The summed E-state index contributed by atoms with van der Waals surface area (Å²) in [5, 5.41) is 5.24. The molecular formula is C24H24N4O. The van der Waals surface area contributed by atoms with Gasteiger partial charge in [-0.3, -0.25) is 4.84 Å². The molecule has 0 unspecified atom stereocenters. The standard InChI is InChI=1S/C24H24N4O/c1-4-12-20(13-5-1)23(25-21-14-6-2-7-15-21)27-24(28-18-10-11-19-29-28)26-22-16-8-3-9-17-22/h1-9,12-17H,10-11,18-19H2,(H,25,26,27).